The molecule has 0 heterocycles. The molecular formula is C11H10F2NO3. The van der Waals surface area contributed by atoms with Gasteiger partial charge in [-0.3, -0.25) is 10.1 Å². The van der Waals surface area contributed by atoms with Crippen LogP contribution in [0.3, 0.4) is 0 Å². The molecule has 0 spiro atoms. The summed E-state index contributed by atoms with van der Waals surface area (Å²) in [5.41, 5.74) is -0.00776. The summed E-state index contributed by atoms with van der Waals surface area (Å²) < 4.78 is 28.5. The molecule has 1 aromatic rings. The number of hydrogen-bond acceptors (Lipinski definition) is 3. The van der Waals surface area contributed by atoms with E-state index in [1.54, 1.807) is 0 Å². The average molecular weight is 242 g/mol. The van der Waals surface area contributed by atoms with Gasteiger partial charge in [0, 0.05) is 23.6 Å². The highest BCUT2D eigenvalue weighted by Crippen LogP contribution is 2.31. The van der Waals surface area contributed by atoms with Gasteiger partial charge in [-0.15, -0.1) is 6.58 Å². The van der Waals surface area contributed by atoms with Crippen LogP contribution in [0, 0.1) is 17.0 Å². The van der Waals surface area contributed by atoms with Gasteiger partial charge >= 0.3 is 6.61 Å². The van der Waals surface area contributed by atoms with Crippen LogP contribution >= 0.6 is 0 Å². The molecule has 1 atom stereocenters. The van der Waals surface area contributed by atoms with Gasteiger partial charge in [0.1, 0.15) is 5.75 Å². The number of nitro benzene ring substituents is 1. The fourth-order valence-electron chi connectivity index (χ4n) is 1.27. The largest absolute Gasteiger partial charge is 0.435 e. The summed E-state index contributed by atoms with van der Waals surface area (Å²) in [6.07, 6.45) is 1.39. The molecule has 0 aliphatic carbocycles. The highest BCUT2D eigenvalue weighted by molar-refractivity contribution is 5.47. The Morgan fingerprint density at radius 2 is 2.12 bits per heavy atom. The number of allylic oxidation sites excluding steroid dienone is 1. The number of halogens is 2. The maximum atomic E-state index is 12.1. The van der Waals surface area contributed by atoms with Crippen molar-refractivity contribution >= 4 is 5.69 Å². The Hall–Kier alpha value is -1.98. The standard InChI is InChI=1S/C11H10F2NO3/c1-3-7(2)9-6-8(14(15)16)4-5-10(9)17-11(12)13/h3-7,11H,1-2H2. The lowest BCUT2D eigenvalue weighted by Crippen LogP contribution is -2.06. The van der Waals surface area contributed by atoms with Gasteiger partial charge in [-0.25, -0.2) is 0 Å². The molecule has 6 heteroatoms. The Bertz CT molecular complexity index is 435. The van der Waals surface area contributed by atoms with Crippen LogP contribution in [0.2, 0.25) is 0 Å². The number of non-ortho nitro benzene ring substituents is 1. The molecule has 1 radical (unpaired) electrons. The SMILES string of the molecule is [CH2]C(C=C)c1cc([N+](=O)[O-])ccc1OC(F)F. The third kappa shape index (κ3) is 3.24. The van der Waals surface area contributed by atoms with Crippen molar-refractivity contribution in [3.63, 3.8) is 0 Å². The van der Waals surface area contributed by atoms with Crippen LogP contribution in [0.4, 0.5) is 14.5 Å². The van der Waals surface area contributed by atoms with Crippen LogP contribution in [0.5, 0.6) is 5.75 Å². The molecule has 0 saturated carbocycles. The van der Waals surface area contributed by atoms with Crippen LogP contribution in [0.15, 0.2) is 30.9 Å². The number of rotatable bonds is 5. The van der Waals surface area contributed by atoms with E-state index in [9.17, 15) is 18.9 Å². The smallest absolute Gasteiger partial charge is 0.387 e. The number of nitrogens with zero attached hydrogens (tertiary/aromatic N) is 1. The Morgan fingerprint density at radius 3 is 2.59 bits per heavy atom. The predicted molar refractivity (Wildman–Crippen MR) is 58.0 cm³/mol. The van der Waals surface area contributed by atoms with E-state index < -0.39 is 17.5 Å². The molecule has 1 rings (SSSR count). The number of alkyl halides is 2. The van der Waals surface area contributed by atoms with E-state index >= 15 is 0 Å². The molecule has 91 valence electrons. The lowest BCUT2D eigenvalue weighted by atomic mass is 10.00. The minimum absolute atomic E-state index is 0.134. The first-order valence-corrected chi connectivity index (χ1v) is 4.64. The van der Waals surface area contributed by atoms with Crippen molar-refractivity contribution < 1.29 is 18.4 Å². The molecule has 4 nitrogen and oxygen atoms in total. The van der Waals surface area contributed by atoms with E-state index in [4.69, 9.17) is 0 Å². The zero-order valence-corrected chi connectivity index (χ0v) is 8.81. The molecule has 0 aromatic heterocycles. The highest BCUT2D eigenvalue weighted by Gasteiger charge is 2.17. The molecular weight excluding hydrogens is 232 g/mol. The Balaban J connectivity index is 3.20. The van der Waals surface area contributed by atoms with Crippen molar-refractivity contribution in [1.29, 1.82) is 0 Å². The predicted octanol–water partition coefficient (Wildman–Crippen LogP) is 3.30. The van der Waals surface area contributed by atoms with E-state index in [0.29, 0.717) is 0 Å². The van der Waals surface area contributed by atoms with Crippen LogP contribution in [-0.4, -0.2) is 11.5 Å². The molecule has 0 fully saturated rings. The molecule has 0 saturated heterocycles. The molecule has 1 aromatic carbocycles. The first kappa shape index (κ1) is 13.1. The maximum absolute atomic E-state index is 12.1. The van der Waals surface area contributed by atoms with Crippen molar-refractivity contribution in [2.45, 2.75) is 12.5 Å². The van der Waals surface area contributed by atoms with Crippen molar-refractivity contribution in [1.82, 2.24) is 0 Å². The van der Waals surface area contributed by atoms with Crippen LogP contribution in [-0.2, 0) is 0 Å². The fourth-order valence-corrected chi connectivity index (χ4v) is 1.27. The zero-order valence-electron chi connectivity index (χ0n) is 8.81. The topological polar surface area (TPSA) is 52.4 Å². The fraction of sp³-hybridized carbons (Fsp3) is 0.182. The normalized spacial score (nSPS) is 12.2. The molecule has 0 N–H and O–H groups in total. The lowest BCUT2D eigenvalue weighted by Gasteiger charge is -2.13. The molecule has 0 aliphatic heterocycles. The van der Waals surface area contributed by atoms with E-state index in [1.165, 1.54) is 6.08 Å². The minimum atomic E-state index is -2.99. The van der Waals surface area contributed by atoms with Crippen molar-refractivity contribution in [3.05, 3.63) is 53.5 Å². The maximum Gasteiger partial charge on any atom is 0.387 e. The number of benzene rings is 1. The van der Waals surface area contributed by atoms with Crippen LogP contribution in [0.1, 0.15) is 11.5 Å². The van der Waals surface area contributed by atoms with E-state index in [1.807, 2.05) is 0 Å². The lowest BCUT2D eigenvalue weighted by molar-refractivity contribution is -0.385. The van der Waals surface area contributed by atoms with E-state index in [-0.39, 0.29) is 17.0 Å². The zero-order chi connectivity index (χ0) is 13.0. The second kappa shape index (κ2) is 5.38. The molecule has 17 heavy (non-hydrogen) atoms. The summed E-state index contributed by atoms with van der Waals surface area (Å²) in [5, 5.41) is 10.6. The second-order valence-corrected chi connectivity index (χ2v) is 3.20. The average Bonchev–Trinajstić information content (AvgIpc) is 2.27. The second-order valence-electron chi connectivity index (χ2n) is 3.20. The van der Waals surface area contributed by atoms with Gasteiger partial charge in [0.05, 0.1) is 4.92 Å². The third-order valence-corrected chi connectivity index (χ3v) is 2.10. The number of nitro groups is 1. The third-order valence-electron chi connectivity index (χ3n) is 2.10. The molecule has 1 unspecified atom stereocenters. The van der Waals surface area contributed by atoms with Gasteiger partial charge in [0.15, 0.2) is 0 Å². The first-order valence-electron chi connectivity index (χ1n) is 4.64. The molecule has 0 bridgehead atoms. The Labute approximate surface area is 96.7 Å². The monoisotopic (exact) mass is 242 g/mol. The van der Waals surface area contributed by atoms with Gasteiger partial charge in [-0.2, -0.15) is 8.78 Å². The van der Waals surface area contributed by atoms with Gasteiger partial charge in [0.2, 0.25) is 0 Å². The molecule has 0 aliphatic rings. The van der Waals surface area contributed by atoms with Gasteiger partial charge in [0.25, 0.3) is 5.69 Å². The highest BCUT2D eigenvalue weighted by atomic mass is 19.3. The van der Waals surface area contributed by atoms with E-state index in [0.717, 1.165) is 18.2 Å². The summed E-state index contributed by atoms with van der Waals surface area (Å²) in [5.74, 6) is -0.700. The summed E-state index contributed by atoms with van der Waals surface area (Å²) in [6.45, 7) is 4.09. The Morgan fingerprint density at radius 1 is 1.47 bits per heavy atom. The van der Waals surface area contributed by atoms with Gasteiger partial charge in [-0.1, -0.05) is 6.08 Å². The summed E-state index contributed by atoms with van der Waals surface area (Å²) in [6, 6.07) is 3.37. The van der Waals surface area contributed by atoms with Crippen molar-refractivity contribution in [2.75, 3.05) is 0 Å². The summed E-state index contributed by atoms with van der Waals surface area (Å²) in [7, 11) is 0. The summed E-state index contributed by atoms with van der Waals surface area (Å²) in [4.78, 5) is 9.95. The quantitative estimate of drug-likeness (QED) is 0.452. The number of ether oxygens (including phenoxy) is 1. The summed E-state index contributed by atoms with van der Waals surface area (Å²) >= 11 is 0. The van der Waals surface area contributed by atoms with Crippen molar-refractivity contribution in [3.8, 4) is 5.75 Å². The van der Waals surface area contributed by atoms with E-state index in [2.05, 4.69) is 18.2 Å². The van der Waals surface area contributed by atoms with Crippen molar-refractivity contribution in [2.24, 2.45) is 0 Å². The number of hydrogen-bond donors (Lipinski definition) is 0. The van der Waals surface area contributed by atoms with Gasteiger partial charge < -0.3 is 4.74 Å². The van der Waals surface area contributed by atoms with Gasteiger partial charge in [-0.05, 0) is 13.0 Å². The van der Waals surface area contributed by atoms with Crippen LogP contribution < -0.4 is 4.74 Å². The minimum Gasteiger partial charge on any atom is -0.435 e. The molecule has 0 amide bonds. The van der Waals surface area contributed by atoms with Crippen LogP contribution in [0.25, 0.3) is 0 Å². The first-order chi connectivity index (χ1) is 7.95. The Kier molecular flexibility index (Phi) is 4.14.